The largest absolute Gasteiger partial charge is 0.391 e. The minimum Gasteiger partial charge on any atom is -0.391 e. The van der Waals surface area contributed by atoms with Gasteiger partial charge in [0.25, 0.3) is 0 Å². The number of carbonyl (C=O) groups is 4. The van der Waals surface area contributed by atoms with E-state index in [4.69, 9.17) is 0 Å². The lowest BCUT2D eigenvalue weighted by Gasteiger charge is -2.39. The van der Waals surface area contributed by atoms with Crippen molar-refractivity contribution < 1.29 is 45.9 Å². The Bertz CT molecular complexity index is 3410. The second kappa shape index (κ2) is 24.3. The number of benzene rings is 3. The fraction of sp³-hybridized carbons (Fsp3) is 0.433. The summed E-state index contributed by atoms with van der Waals surface area (Å²) in [5.74, 6) is -4.12. The number of alkyl halides is 1. The van der Waals surface area contributed by atoms with Gasteiger partial charge in [0.1, 0.15) is 29.7 Å². The van der Waals surface area contributed by atoms with Gasteiger partial charge in [-0.05, 0) is 102 Å². The highest BCUT2D eigenvalue weighted by molar-refractivity contribution is 7.90. The van der Waals surface area contributed by atoms with Gasteiger partial charge in [0.2, 0.25) is 23.5 Å². The molecule has 4 saturated heterocycles. The number of nitrogens with zero attached hydrogens (tertiary/aromatic N) is 7. The number of aromatic nitrogens is 3. The van der Waals surface area contributed by atoms with E-state index < -0.39 is 81.1 Å². The fourth-order valence-electron chi connectivity index (χ4n) is 11.6. The van der Waals surface area contributed by atoms with Crippen LogP contribution in [0.4, 0.5) is 24.5 Å². The Labute approximate surface area is 475 Å². The van der Waals surface area contributed by atoms with Gasteiger partial charge in [0, 0.05) is 119 Å². The molecule has 3 aromatic carbocycles. The number of aliphatic hydroxyl groups is 1. The van der Waals surface area contributed by atoms with Crippen molar-refractivity contribution in [2.75, 3.05) is 81.6 Å². The Morgan fingerprint density at radius 1 is 0.805 bits per heavy atom. The number of rotatable bonds is 17. The minimum atomic E-state index is -4.37. The third-order valence-corrected chi connectivity index (χ3v) is 17.9. The summed E-state index contributed by atoms with van der Waals surface area (Å²) in [7, 11) is -4.37. The molecule has 6 aromatic rings. The van der Waals surface area contributed by atoms with Gasteiger partial charge in [-0.15, -0.1) is 0 Å². The predicted octanol–water partition coefficient (Wildman–Crippen LogP) is 6.71. The van der Waals surface area contributed by atoms with E-state index in [1.54, 1.807) is 24.7 Å². The molecule has 3 amide bonds. The lowest BCUT2D eigenvalue weighted by atomic mass is 9.85. The summed E-state index contributed by atoms with van der Waals surface area (Å²) in [6.07, 6.45) is 6.28. The van der Waals surface area contributed by atoms with E-state index in [0.29, 0.717) is 35.6 Å². The number of halogens is 3. The maximum atomic E-state index is 15.8. The smallest absolute Gasteiger partial charge is 0.301 e. The summed E-state index contributed by atoms with van der Waals surface area (Å²) < 4.78 is 73.4. The van der Waals surface area contributed by atoms with Crippen LogP contribution in [-0.4, -0.2) is 167 Å². The molecular weight excluding hydrogens is 1080 g/mol. The summed E-state index contributed by atoms with van der Waals surface area (Å²) in [4.78, 5) is 75.4. The molecule has 5 N–H and O–H groups in total. The van der Waals surface area contributed by atoms with E-state index in [1.165, 1.54) is 11.1 Å². The van der Waals surface area contributed by atoms with Crippen LogP contribution in [0.1, 0.15) is 80.9 Å². The van der Waals surface area contributed by atoms with Crippen LogP contribution in [0, 0.1) is 23.0 Å². The number of likely N-dealkylation sites (tertiary alicyclic amines) is 1. The van der Waals surface area contributed by atoms with Gasteiger partial charge in [0.15, 0.2) is 5.82 Å². The first-order chi connectivity index (χ1) is 39.2. The highest BCUT2D eigenvalue weighted by Crippen LogP contribution is 2.33. The Kier molecular flexibility index (Phi) is 17.2. The Morgan fingerprint density at radius 3 is 2.13 bits per heavy atom. The lowest BCUT2D eigenvalue weighted by Crippen LogP contribution is -2.59. The number of aliphatic hydroxyl groups excluding tert-OH is 1. The van der Waals surface area contributed by atoms with E-state index in [0.717, 1.165) is 89.9 Å². The van der Waals surface area contributed by atoms with Gasteiger partial charge >= 0.3 is 10.2 Å². The van der Waals surface area contributed by atoms with Crippen LogP contribution < -0.4 is 20.3 Å². The van der Waals surface area contributed by atoms with Crippen LogP contribution in [0.3, 0.4) is 0 Å². The molecule has 5 atom stereocenters. The number of ketones is 1. The molecule has 4 aliphatic heterocycles. The molecule has 18 nitrogen and oxygen atoms in total. The van der Waals surface area contributed by atoms with Crippen molar-refractivity contribution in [3.05, 3.63) is 132 Å². The first-order valence-electron chi connectivity index (χ1n) is 28.0. The third kappa shape index (κ3) is 13.0. The van der Waals surface area contributed by atoms with Gasteiger partial charge in [-0.1, -0.05) is 57.2 Å². The number of β-amino-alcohol motifs (C(OH)–C–C–N with tert-alkyl or cyclic N) is 1. The molecule has 0 aliphatic carbocycles. The van der Waals surface area contributed by atoms with Crippen molar-refractivity contribution in [1.82, 2.24) is 44.6 Å². The number of amides is 3. The van der Waals surface area contributed by atoms with E-state index in [-0.39, 0.29) is 55.9 Å². The van der Waals surface area contributed by atoms with Crippen LogP contribution in [-0.2, 0) is 24.6 Å². The molecule has 0 bridgehead atoms. The SMILES string of the molecule is CC(NC(=O)[C@@H]1C[C@@H](O)CN1C(=O)C(NC(=O)CN1CCN(CC2CCN(c3ccc(-c4cnc5[nH]cc(C(=O)c6c(F)ccc(NS(=O)(=O)N7CC[C@@H](F)C7)c6F)c5c4)cc3)CC2)CC1)C(C)(C)C)c1ccc(-c2ccncc2)cc1. The van der Waals surface area contributed by atoms with Crippen LogP contribution >= 0.6 is 0 Å². The number of hydrogen-bond acceptors (Lipinski definition) is 12. The van der Waals surface area contributed by atoms with E-state index in [1.807, 2.05) is 93.1 Å². The molecular formula is C60H70F3N11O7S. The van der Waals surface area contributed by atoms with E-state index >= 15 is 8.78 Å². The quantitative estimate of drug-likeness (QED) is 0.0603. The predicted molar refractivity (Wildman–Crippen MR) is 307 cm³/mol. The monoisotopic (exact) mass is 1150 g/mol. The zero-order valence-electron chi connectivity index (χ0n) is 46.5. The van der Waals surface area contributed by atoms with Crippen molar-refractivity contribution in [3.63, 3.8) is 0 Å². The van der Waals surface area contributed by atoms with Crippen molar-refractivity contribution in [2.24, 2.45) is 11.3 Å². The Balaban J connectivity index is 0.681. The normalized spacial score (nSPS) is 20.5. The van der Waals surface area contributed by atoms with Gasteiger partial charge in [0.05, 0.1) is 29.9 Å². The van der Waals surface area contributed by atoms with Gasteiger partial charge in [-0.3, -0.25) is 33.8 Å². The van der Waals surface area contributed by atoms with Gasteiger partial charge < -0.3 is 35.4 Å². The van der Waals surface area contributed by atoms with Gasteiger partial charge in [-0.25, -0.2) is 18.2 Å². The molecule has 4 aliphatic rings. The number of carbonyl (C=O) groups excluding carboxylic acids is 4. The van der Waals surface area contributed by atoms with Crippen LogP contribution in [0.25, 0.3) is 33.3 Å². The molecule has 2 unspecified atom stereocenters. The summed E-state index contributed by atoms with van der Waals surface area (Å²) in [6, 6.07) is 21.0. The first kappa shape index (κ1) is 58.0. The topological polar surface area (TPSA) is 217 Å². The van der Waals surface area contributed by atoms with E-state index in [2.05, 4.69) is 40.3 Å². The summed E-state index contributed by atoms with van der Waals surface area (Å²) >= 11 is 0. The second-order valence-corrected chi connectivity index (χ2v) is 24.9. The number of piperazine rings is 1. The molecule has 22 heteroatoms. The molecule has 0 saturated carbocycles. The third-order valence-electron chi connectivity index (χ3n) is 16.4. The number of piperidine rings is 1. The molecule has 0 radical (unpaired) electrons. The van der Waals surface area contributed by atoms with Crippen LogP contribution in [0.15, 0.2) is 104 Å². The summed E-state index contributed by atoms with van der Waals surface area (Å²) in [5.41, 5.74) is 3.46. The van der Waals surface area contributed by atoms with Crippen molar-refractivity contribution in [2.45, 2.75) is 83.8 Å². The molecule has 3 aromatic heterocycles. The van der Waals surface area contributed by atoms with E-state index in [9.17, 15) is 37.1 Å². The molecule has 10 rings (SSSR count). The van der Waals surface area contributed by atoms with Crippen molar-refractivity contribution in [1.29, 1.82) is 0 Å². The number of H-pyrrole nitrogens is 1. The number of nitrogens with one attached hydrogen (secondary N) is 4. The Morgan fingerprint density at radius 2 is 1.46 bits per heavy atom. The molecule has 434 valence electrons. The molecule has 7 heterocycles. The van der Waals surface area contributed by atoms with Crippen molar-refractivity contribution in [3.8, 4) is 22.3 Å². The second-order valence-electron chi connectivity index (χ2n) is 23.2. The molecule has 4 fully saturated rings. The molecule has 0 spiro atoms. The number of fused-ring (bicyclic) bond motifs is 1. The zero-order valence-corrected chi connectivity index (χ0v) is 47.3. The van der Waals surface area contributed by atoms with Crippen LogP contribution in [0.2, 0.25) is 0 Å². The average molecular weight is 1150 g/mol. The minimum absolute atomic E-state index is 0.00539. The number of hydrogen-bond donors (Lipinski definition) is 5. The lowest BCUT2D eigenvalue weighted by molar-refractivity contribution is -0.144. The summed E-state index contributed by atoms with van der Waals surface area (Å²) in [6.45, 7) is 12.8. The molecule has 82 heavy (non-hydrogen) atoms. The first-order valence-corrected chi connectivity index (χ1v) is 29.4. The average Bonchev–Trinajstić information content (AvgIpc) is 4.16. The summed E-state index contributed by atoms with van der Waals surface area (Å²) in [5, 5.41) is 17.1. The number of aromatic amines is 1. The van der Waals surface area contributed by atoms with Gasteiger partial charge in [-0.2, -0.15) is 12.7 Å². The standard InChI is InChI=1S/C60H70F3N11O7S/c1-37(39-5-7-40(8-6-39)42-15-20-64-21-16-42)67-58(78)51-30-46(75)35-74(51)59(79)56(60(2,3)4)68-52(76)36-71-27-25-70(26-28-71)33-38-17-22-72(23-18-38)45-11-9-41(10-12-45)43-29-47-48(32-66-57(47)65-31-43)55(77)53-49(62)13-14-50(54(53)63)69-82(80,81)73-24-19-44(61)34-73/h5-16,20-21,29,31-32,37-38,44,46,51,56,69,75H,17-19,22-28,30,33-36H2,1-4H3,(H,65,66)(H,67,78)(H,68,76)/t37?,44-,46-,51+,56?/m1/s1. The van der Waals surface area contributed by atoms with Crippen LogP contribution in [0.5, 0.6) is 0 Å². The maximum Gasteiger partial charge on any atom is 0.301 e. The number of pyridine rings is 2. The number of anilines is 2. The fourth-order valence-corrected chi connectivity index (χ4v) is 12.9. The van der Waals surface area contributed by atoms with Crippen molar-refractivity contribution >= 4 is 56.1 Å². The Hall–Kier alpha value is -7.24. The zero-order chi connectivity index (χ0) is 58.0. The highest BCUT2D eigenvalue weighted by Gasteiger charge is 2.45. The maximum absolute atomic E-state index is 15.8. The highest BCUT2D eigenvalue weighted by atomic mass is 32.2.